The number of benzene rings is 2. The molecule has 4 nitrogen and oxygen atoms in total. The highest BCUT2D eigenvalue weighted by Gasteiger charge is 2.18. The molecule has 0 N–H and O–H groups in total. The van der Waals surface area contributed by atoms with Gasteiger partial charge in [-0.05, 0) is 52.0 Å². The van der Waals surface area contributed by atoms with Gasteiger partial charge in [-0.2, -0.15) is 0 Å². The Balaban J connectivity index is 0.000000436. The number of carbonyl (C=O) groups is 1. The van der Waals surface area contributed by atoms with Crippen LogP contribution < -0.4 is 4.74 Å². The Morgan fingerprint density at radius 3 is 2.00 bits per heavy atom. The third-order valence-electron chi connectivity index (χ3n) is 4.06. The Labute approximate surface area is 174 Å². The molecule has 160 valence electrons. The van der Waals surface area contributed by atoms with Crippen LogP contribution in [0.15, 0.2) is 48.5 Å². The van der Waals surface area contributed by atoms with Crippen LogP contribution in [-0.2, 0) is 14.3 Å². The summed E-state index contributed by atoms with van der Waals surface area (Å²) in [4.78, 5) is 11.3. The van der Waals surface area contributed by atoms with Gasteiger partial charge in [0.2, 0.25) is 0 Å². The van der Waals surface area contributed by atoms with Crippen LogP contribution in [0.25, 0.3) is 0 Å². The fraction of sp³-hybridized carbons (Fsp3) is 0.458. The van der Waals surface area contributed by atoms with Crippen LogP contribution in [0.5, 0.6) is 5.75 Å². The average molecular weight is 405 g/mol. The molecule has 0 fully saturated rings. The Bertz CT molecular complexity index is 677. The fourth-order valence-electron chi connectivity index (χ4n) is 2.47. The summed E-state index contributed by atoms with van der Waals surface area (Å²) in [6.07, 6.45) is 0.680. The molecule has 2 unspecified atom stereocenters. The van der Waals surface area contributed by atoms with Crippen molar-refractivity contribution in [3.63, 3.8) is 0 Å². The smallest absolute Gasteiger partial charge is 0.305 e. The Morgan fingerprint density at radius 2 is 1.52 bits per heavy atom. The molecule has 2 aromatic carbocycles. The lowest BCUT2D eigenvalue weighted by Gasteiger charge is -2.22. The molecule has 0 aliphatic heterocycles. The second kappa shape index (κ2) is 13.7. The van der Waals surface area contributed by atoms with Crippen molar-refractivity contribution in [3.05, 3.63) is 65.5 Å². The van der Waals surface area contributed by atoms with Crippen LogP contribution >= 0.6 is 0 Å². The third kappa shape index (κ3) is 11.3. The first-order chi connectivity index (χ1) is 13.8. The summed E-state index contributed by atoms with van der Waals surface area (Å²) in [5, 5.41) is 0. The average Bonchev–Trinajstić information content (AvgIpc) is 2.70. The maximum Gasteiger partial charge on any atom is 0.305 e. The van der Waals surface area contributed by atoms with E-state index in [1.165, 1.54) is 17.7 Å². The second-order valence-corrected chi connectivity index (χ2v) is 6.90. The lowest BCUT2D eigenvalue weighted by atomic mass is 10.1. The molecule has 0 radical (unpaired) electrons. The van der Waals surface area contributed by atoms with Gasteiger partial charge in [0.05, 0.1) is 6.61 Å². The number of hydrogen-bond donors (Lipinski definition) is 0. The zero-order valence-electron chi connectivity index (χ0n) is 18.1. The number of hydrogen-bond acceptors (Lipinski definition) is 4. The molecule has 0 saturated carbocycles. The highest BCUT2D eigenvalue weighted by Crippen LogP contribution is 2.16. The standard InChI is InChI=1S/C17H26O4.C7H7F/c1-5-17(18)20-14(4)11-16(12-19-6-2)21-15-9-7-13(3)8-10-15;1-6-2-4-7(8)5-3-6/h7-10,14,16H,5-6,11-12H2,1-4H3;2-5H,1H3. The molecule has 0 aliphatic carbocycles. The Morgan fingerprint density at radius 1 is 0.966 bits per heavy atom. The van der Waals surface area contributed by atoms with Crippen LogP contribution in [0, 0.1) is 19.7 Å². The van der Waals surface area contributed by atoms with Crippen molar-refractivity contribution >= 4 is 5.97 Å². The van der Waals surface area contributed by atoms with Crippen LogP contribution in [-0.4, -0.2) is 31.4 Å². The SMILES string of the molecule is CCOCC(CC(C)OC(=O)CC)Oc1ccc(C)cc1.Cc1ccc(F)cc1. The van der Waals surface area contributed by atoms with Gasteiger partial charge in [0.1, 0.15) is 23.8 Å². The first-order valence-electron chi connectivity index (χ1n) is 10.1. The molecule has 0 bridgehead atoms. The normalized spacial score (nSPS) is 12.3. The summed E-state index contributed by atoms with van der Waals surface area (Å²) in [5.74, 6) is 0.447. The molecule has 0 aliphatic rings. The van der Waals surface area contributed by atoms with Gasteiger partial charge >= 0.3 is 5.97 Å². The van der Waals surface area contributed by atoms with Crippen LogP contribution in [0.2, 0.25) is 0 Å². The number of esters is 1. The highest BCUT2D eigenvalue weighted by molar-refractivity contribution is 5.69. The summed E-state index contributed by atoms with van der Waals surface area (Å²) in [6.45, 7) is 10.7. The molecular formula is C24H33FO4. The quantitative estimate of drug-likeness (QED) is 0.507. The maximum atomic E-state index is 12.1. The van der Waals surface area contributed by atoms with E-state index in [0.29, 0.717) is 26.1 Å². The second-order valence-electron chi connectivity index (χ2n) is 6.90. The van der Waals surface area contributed by atoms with Gasteiger partial charge in [0.15, 0.2) is 0 Å². The van der Waals surface area contributed by atoms with Crippen molar-refractivity contribution in [2.45, 2.75) is 59.7 Å². The third-order valence-corrected chi connectivity index (χ3v) is 4.06. The minimum atomic E-state index is -0.187. The highest BCUT2D eigenvalue weighted by atomic mass is 19.1. The number of aryl methyl sites for hydroxylation is 2. The molecule has 0 aromatic heterocycles. The van der Waals surface area contributed by atoms with Crippen LogP contribution in [0.3, 0.4) is 0 Å². The van der Waals surface area contributed by atoms with Gasteiger partial charge in [-0.25, -0.2) is 4.39 Å². The molecule has 0 heterocycles. The van der Waals surface area contributed by atoms with Gasteiger partial charge in [-0.1, -0.05) is 42.3 Å². The molecule has 2 atom stereocenters. The van der Waals surface area contributed by atoms with E-state index in [1.54, 1.807) is 19.1 Å². The monoisotopic (exact) mass is 404 g/mol. The number of halogens is 1. The molecular weight excluding hydrogens is 371 g/mol. The molecule has 2 aromatic rings. The molecule has 2 rings (SSSR count). The van der Waals surface area contributed by atoms with Crippen molar-refractivity contribution in [1.29, 1.82) is 0 Å². The van der Waals surface area contributed by atoms with Gasteiger partial charge in [0, 0.05) is 19.4 Å². The summed E-state index contributed by atoms with van der Waals surface area (Å²) >= 11 is 0. The van der Waals surface area contributed by atoms with Crippen molar-refractivity contribution in [2.24, 2.45) is 0 Å². The van der Waals surface area contributed by atoms with E-state index in [-0.39, 0.29) is 24.0 Å². The van der Waals surface area contributed by atoms with E-state index in [9.17, 15) is 9.18 Å². The van der Waals surface area contributed by atoms with Crippen molar-refractivity contribution in [1.82, 2.24) is 0 Å². The zero-order chi connectivity index (χ0) is 21.6. The molecule has 29 heavy (non-hydrogen) atoms. The largest absolute Gasteiger partial charge is 0.488 e. The summed E-state index contributed by atoms with van der Waals surface area (Å²) in [6, 6.07) is 14.3. The first kappa shape index (κ1) is 24.6. The zero-order valence-corrected chi connectivity index (χ0v) is 18.1. The number of ether oxygens (including phenoxy) is 3. The van der Waals surface area contributed by atoms with E-state index in [0.717, 1.165) is 11.3 Å². The summed E-state index contributed by atoms with van der Waals surface area (Å²) in [7, 11) is 0. The first-order valence-corrected chi connectivity index (χ1v) is 10.1. The van der Waals surface area contributed by atoms with E-state index >= 15 is 0 Å². The van der Waals surface area contributed by atoms with Gasteiger partial charge in [-0.15, -0.1) is 0 Å². The van der Waals surface area contributed by atoms with Crippen molar-refractivity contribution < 1.29 is 23.4 Å². The van der Waals surface area contributed by atoms with Crippen molar-refractivity contribution in [2.75, 3.05) is 13.2 Å². The lowest BCUT2D eigenvalue weighted by Crippen LogP contribution is -2.29. The topological polar surface area (TPSA) is 44.8 Å². The minimum Gasteiger partial charge on any atom is -0.488 e. The predicted octanol–water partition coefficient (Wildman–Crippen LogP) is 5.64. The van der Waals surface area contributed by atoms with Gasteiger partial charge < -0.3 is 14.2 Å². The van der Waals surface area contributed by atoms with E-state index in [4.69, 9.17) is 14.2 Å². The van der Waals surface area contributed by atoms with E-state index in [1.807, 2.05) is 52.0 Å². The van der Waals surface area contributed by atoms with Crippen molar-refractivity contribution in [3.8, 4) is 5.75 Å². The Kier molecular flexibility index (Phi) is 11.7. The maximum absolute atomic E-state index is 12.1. The summed E-state index contributed by atoms with van der Waals surface area (Å²) < 4.78 is 28.8. The molecule has 0 amide bonds. The fourth-order valence-corrected chi connectivity index (χ4v) is 2.47. The van der Waals surface area contributed by atoms with Crippen LogP contribution in [0.1, 0.15) is 44.7 Å². The molecule has 0 saturated heterocycles. The van der Waals surface area contributed by atoms with Gasteiger partial charge in [-0.3, -0.25) is 4.79 Å². The number of carbonyl (C=O) groups excluding carboxylic acids is 1. The van der Waals surface area contributed by atoms with E-state index < -0.39 is 0 Å². The molecule has 0 spiro atoms. The predicted molar refractivity (Wildman–Crippen MR) is 114 cm³/mol. The van der Waals surface area contributed by atoms with Gasteiger partial charge in [0.25, 0.3) is 0 Å². The number of rotatable bonds is 9. The minimum absolute atomic E-state index is 0.132. The Hall–Kier alpha value is -2.40. The summed E-state index contributed by atoms with van der Waals surface area (Å²) in [5.41, 5.74) is 2.28. The molecule has 5 heteroatoms. The van der Waals surface area contributed by atoms with Crippen LogP contribution in [0.4, 0.5) is 4.39 Å². The van der Waals surface area contributed by atoms with E-state index in [2.05, 4.69) is 0 Å². The lowest BCUT2D eigenvalue weighted by molar-refractivity contribution is -0.149.